The number of pyridine rings is 1. The third-order valence-electron chi connectivity index (χ3n) is 3.32. The molecule has 2 heterocycles. The molecule has 2 rings (SSSR count). The molecule has 7 heteroatoms. The molecule has 110 valence electrons. The second kappa shape index (κ2) is 6.21. The van der Waals surface area contributed by atoms with E-state index in [0.29, 0.717) is 12.8 Å². The summed E-state index contributed by atoms with van der Waals surface area (Å²) in [5.41, 5.74) is -0.780. The van der Waals surface area contributed by atoms with Crippen LogP contribution in [0.3, 0.4) is 0 Å². The molecule has 1 saturated heterocycles. The van der Waals surface area contributed by atoms with Gasteiger partial charge < -0.3 is 5.32 Å². The largest absolute Gasteiger partial charge is 0.377 e. The van der Waals surface area contributed by atoms with E-state index in [1.807, 2.05) is 0 Å². The molecule has 3 nitrogen and oxygen atoms in total. The molecule has 1 aliphatic rings. The first kappa shape index (κ1) is 14.8. The van der Waals surface area contributed by atoms with Crippen molar-refractivity contribution in [2.75, 3.05) is 25.0 Å². The van der Waals surface area contributed by atoms with Crippen LogP contribution in [0, 0.1) is 23.5 Å². The topological polar surface area (TPSA) is 28.2 Å². The van der Waals surface area contributed by atoms with Crippen molar-refractivity contribution in [1.82, 2.24) is 9.88 Å². The van der Waals surface area contributed by atoms with Crippen molar-refractivity contribution in [1.29, 1.82) is 0 Å². The van der Waals surface area contributed by atoms with Crippen LogP contribution in [0.4, 0.5) is 23.2 Å². The van der Waals surface area contributed by atoms with Gasteiger partial charge in [0.1, 0.15) is 5.69 Å². The average Bonchev–Trinajstić information content (AvgIpc) is 2.43. The van der Waals surface area contributed by atoms with Crippen LogP contribution in [0.5, 0.6) is 0 Å². The first-order chi connectivity index (χ1) is 9.52. The highest BCUT2D eigenvalue weighted by atomic mass is 19.2. The number of nitrogens with zero attached hydrogens (tertiary/aromatic N) is 2. The summed E-state index contributed by atoms with van der Waals surface area (Å²) in [7, 11) is 0. The van der Waals surface area contributed by atoms with Gasteiger partial charge >= 0.3 is 0 Å². The molecule has 0 unspecified atom stereocenters. The van der Waals surface area contributed by atoms with Crippen molar-refractivity contribution in [3.63, 3.8) is 0 Å². The zero-order valence-corrected chi connectivity index (χ0v) is 10.8. The van der Waals surface area contributed by atoms with Gasteiger partial charge in [-0.3, -0.25) is 4.90 Å². The average molecular weight is 289 g/mol. The maximum atomic E-state index is 13.5. The number of piperidine rings is 1. The molecule has 0 radical (unpaired) electrons. The monoisotopic (exact) mass is 289 g/mol. The van der Waals surface area contributed by atoms with Gasteiger partial charge in [-0.15, -0.1) is 6.58 Å². The quantitative estimate of drug-likeness (QED) is 0.525. The van der Waals surface area contributed by atoms with Gasteiger partial charge in [0, 0.05) is 25.7 Å². The second-order valence-electron chi connectivity index (χ2n) is 4.70. The minimum atomic E-state index is -1.64. The van der Waals surface area contributed by atoms with Crippen LogP contribution in [0.1, 0.15) is 12.8 Å². The third-order valence-corrected chi connectivity index (χ3v) is 3.32. The van der Waals surface area contributed by atoms with Crippen LogP contribution < -0.4 is 5.32 Å². The van der Waals surface area contributed by atoms with Crippen molar-refractivity contribution in [2.24, 2.45) is 0 Å². The fourth-order valence-corrected chi connectivity index (χ4v) is 2.26. The standard InChI is InChI=1S/C13H15F4N3/c1-2-5-20-6-3-8(4-7-20)18-11-9(14)12(16)19-13(17)10(11)15/h2,8H,1,3-7H2,(H,18,19). The lowest BCUT2D eigenvalue weighted by atomic mass is 10.0. The number of anilines is 1. The molecule has 0 saturated carbocycles. The van der Waals surface area contributed by atoms with Crippen molar-refractivity contribution in [3.05, 3.63) is 36.2 Å². The highest BCUT2D eigenvalue weighted by Gasteiger charge is 2.25. The molecule has 1 aromatic rings. The van der Waals surface area contributed by atoms with E-state index >= 15 is 0 Å². The molecule has 0 aliphatic carbocycles. The Labute approximate surface area is 114 Å². The zero-order valence-electron chi connectivity index (χ0n) is 10.8. The van der Waals surface area contributed by atoms with E-state index in [0.717, 1.165) is 19.6 Å². The summed E-state index contributed by atoms with van der Waals surface area (Å²) in [6, 6.07) is -0.235. The van der Waals surface area contributed by atoms with E-state index in [-0.39, 0.29) is 6.04 Å². The van der Waals surface area contributed by atoms with Crippen LogP contribution in [0.15, 0.2) is 12.7 Å². The Morgan fingerprint density at radius 1 is 1.15 bits per heavy atom. The van der Waals surface area contributed by atoms with E-state index in [2.05, 4.69) is 21.8 Å². The fourth-order valence-electron chi connectivity index (χ4n) is 2.26. The SMILES string of the molecule is C=CCN1CCC(Nc2c(F)c(F)nc(F)c2F)CC1. The molecule has 0 bridgehead atoms. The summed E-state index contributed by atoms with van der Waals surface area (Å²) in [5, 5.41) is 2.54. The first-order valence-electron chi connectivity index (χ1n) is 6.32. The van der Waals surface area contributed by atoms with Crippen molar-refractivity contribution in [3.8, 4) is 0 Å². The normalized spacial score (nSPS) is 17.2. The molecule has 1 aromatic heterocycles. The maximum absolute atomic E-state index is 13.5. The highest BCUT2D eigenvalue weighted by molar-refractivity contribution is 5.46. The number of likely N-dealkylation sites (tertiary alicyclic amines) is 1. The second-order valence-corrected chi connectivity index (χ2v) is 4.70. The van der Waals surface area contributed by atoms with E-state index in [4.69, 9.17) is 0 Å². The summed E-state index contributed by atoms with van der Waals surface area (Å²) in [6.07, 6.45) is 3.03. The number of nitrogens with one attached hydrogen (secondary N) is 1. The molecule has 0 atom stereocenters. The third kappa shape index (κ3) is 3.09. The Morgan fingerprint density at radius 3 is 2.20 bits per heavy atom. The summed E-state index contributed by atoms with van der Waals surface area (Å²) in [6.45, 7) is 5.83. The number of rotatable bonds is 4. The number of hydrogen-bond acceptors (Lipinski definition) is 3. The minimum Gasteiger partial charge on any atom is -0.377 e. The maximum Gasteiger partial charge on any atom is 0.253 e. The minimum absolute atomic E-state index is 0.235. The lowest BCUT2D eigenvalue weighted by Gasteiger charge is -2.32. The van der Waals surface area contributed by atoms with Gasteiger partial charge in [-0.05, 0) is 12.8 Å². The fraction of sp³-hybridized carbons (Fsp3) is 0.462. The van der Waals surface area contributed by atoms with Gasteiger partial charge in [0.25, 0.3) is 11.9 Å². The first-order valence-corrected chi connectivity index (χ1v) is 6.32. The molecule has 0 spiro atoms. The Bertz CT molecular complexity index is 473. The zero-order chi connectivity index (χ0) is 14.7. The van der Waals surface area contributed by atoms with Crippen molar-refractivity contribution < 1.29 is 17.6 Å². The summed E-state index contributed by atoms with van der Waals surface area (Å²) < 4.78 is 52.9. The summed E-state index contributed by atoms with van der Waals surface area (Å²) in [4.78, 5) is 4.65. The Morgan fingerprint density at radius 2 is 1.70 bits per heavy atom. The smallest absolute Gasteiger partial charge is 0.253 e. The number of halogens is 4. The molecular weight excluding hydrogens is 274 g/mol. The van der Waals surface area contributed by atoms with Gasteiger partial charge in [-0.1, -0.05) is 6.08 Å². The summed E-state index contributed by atoms with van der Waals surface area (Å²) in [5.74, 6) is -6.26. The molecule has 1 aliphatic heterocycles. The predicted octanol–water partition coefficient (Wildman–Crippen LogP) is 2.70. The summed E-state index contributed by atoms with van der Waals surface area (Å²) >= 11 is 0. The van der Waals surface area contributed by atoms with Crippen molar-refractivity contribution in [2.45, 2.75) is 18.9 Å². The van der Waals surface area contributed by atoms with E-state index in [1.165, 1.54) is 0 Å². The number of hydrogen-bond donors (Lipinski definition) is 1. The molecule has 0 amide bonds. The molecule has 0 aromatic carbocycles. The van der Waals surface area contributed by atoms with E-state index in [9.17, 15) is 17.6 Å². The van der Waals surface area contributed by atoms with Crippen LogP contribution in [0.2, 0.25) is 0 Å². The van der Waals surface area contributed by atoms with E-state index in [1.54, 1.807) is 6.08 Å². The Kier molecular flexibility index (Phi) is 4.59. The Hall–Kier alpha value is -1.63. The lowest BCUT2D eigenvalue weighted by molar-refractivity contribution is 0.239. The van der Waals surface area contributed by atoms with Gasteiger partial charge in [-0.2, -0.15) is 22.5 Å². The van der Waals surface area contributed by atoms with Gasteiger partial charge in [0.2, 0.25) is 11.6 Å². The van der Waals surface area contributed by atoms with Gasteiger partial charge in [0.15, 0.2) is 0 Å². The Balaban J connectivity index is 2.06. The van der Waals surface area contributed by atoms with Gasteiger partial charge in [-0.25, -0.2) is 0 Å². The van der Waals surface area contributed by atoms with E-state index < -0.39 is 29.2 Å². The molecule has 1 fully saturated rings. The number of aromatic nitrogens is 1. The predicted molar refractivity (Wildman–Crippen MR) is 67.4 cm³/mol. The van der Waals surface area contributed by atoms with Gasteiger partial charge in [0.05, 0.1) is 0 Å². The van der Waals surface area contributed by atoms with Crippen molar-refractivity contribution >= 4 is 5.69 Å². The molecule has 20 heavy (non-hydrogen) atoms. The molecule has 1 N–H and O–H groups in total. The van der Waals surface area contributed by atoms with Crippen LogP contribution in [0.25, 0.3) is 0 Å². The van der Waals surface area contributed by atoms with Crippen LogP contribution in [-0.4, -0.2) is 35.6 Å². The molecular formula is C13H15F4N3. The van der Waals surface area contributed by atoms with Crippen LogP contribution in [-0.2, 0) is 0 Å². The van der Waals surface area contributed by atoms with Crippen LogP contribution >= 0.6 is 0 Å². The lowest BCUT2D eigenvalue weighted by Crippen LogP contribution is -2.39. The highest BCUT2D eigenvalue weighted by Crippen LogP contribution is 2.25.